The Morgan fingerprint density at radius 1 is 1.15 bits per heavy atom. The highest BCUT2D eigenvalue weighted by Gasteiger charge is 2.40. The van der Waals surface area contributed by atoms with E-state index in [0.717, 1.165) is 12.8 Å². The molecule has 1 saturated carbocycles. The fourth-order valence-corrected chi connectivity index (χ4v) is 6.25. The molecule has 2 amide bonds. The number of ether oxygens (including phenoxy) is 1. The number of piperazine rings is 1. The Kier molecular flexibility index (Phi) is 6.54. The summed E-state index contributed by atoms with van der Waals surface area (Å²) in [5.74, 6) is 0.349. The summed E-state index contributed by atoms with van der Waals surface area (Å²) in [7, 11) is -2.31. The molecule has 4 rings (SSSR count). The largest absolute Gasteiger partial charge is 0.497 e. The van der Waals surface area contributed by atoms with Crippen LogP contribution in [0.2, 0.25) is 0 Å². The molecule has 0 spiro atoms. The highest BCUT2D eigenvalue weighted by atomic mass is 32.2. The standard InChI is InChI=1S/C22H28N4O7S/c1-14-10-17(32-3)11-15(2)20(14)34(30,31)26(16-4-5-16)12-19-23-18(13-33-19)21(27)24-6-8-25(9-7-24)22(28)29/h10-11,13,16H,4-9,12H2,1-3H3,(H,28,29). The molecule has 11 nitrogen and oxygen atoms in total. The third-order valence-electron chi connectivity index (χ3n) is 6.09. The van der Waals surface area contributed by atoms with Gasteiger partial charge in [-0.15, -0.1) is 0 Å². The molecule has 34 heavy (non-hydrogen) atoms. The third-order valence-corrected chi connectivity index (χ3v) is 8.29. The van der Waals surface area contributed by atoms with Crippen molar-refractivity contribution in [1.29, 1.82) is 0 Å². The second kappa shape index (κ2) is 9.26. The van der Waals surface area contributed by atoms with Crippen molar-refractivity contribution >= 4 is 22.0 Å². The molecule has 1 aliphatic carbocycles. The highest BCUT2D eigenvalue weighted by molar-refractivity contribution is 7.89. The number of hydrogen-bond acceptors (Lipinski definition) is 7. The van der Waals surface area contributed by atoms with Gasteiger partial charge in [-0.1, -0.05) is 0 Å². The van der Waals surface area contributed by atoms with Gasteiger partial charge in [0.1, 0.15) is 12.0 Å². The lowest BCUT2D eigenvalue weighted by molar-refractivity contribution is 0.0619. The number of aromatic nitrogens is 1. The molecule has 2 aliphatic rings. The van der Waals surface area contributed by atoms with Crippen molar-refractivity contribution < 1.29 is 32.3 Å². The smallest absolute Gasteiger partial charge is 0.407 e. The van der Waals surface area contributed by atoms with Gasteiger partial charge in [0.05, 0.1) is 18.6 Å². The average molecular weight is 493 g/mol. The SMILES string of the molecule is COc1cc(C)c(S(=O)(=O)N(Cc2nc(C(=O)N3CCN(C(=O)O)CC3)co2)C2CC2)c(C)c1. The molecule has 12 heteroatoms. The Labute approximate surface area is 198 Å². The van der Waals surface area contributed by atoms with E-state index in [1.54, 1.807) is 26.0 Å². The Hall–Kier alpha value is -3.12. The average Bonchev–Trinajstić information content (AvgIpc) is 3.52. The minimum atomic E-state index is -3.85. The van der Waals surface area contributed by atoms with Gasteiger partial charge < -0.3 is 24.1 Å². The lowest BCUT2D eigenvalue weighted by atomic mass is 10.1. The molecule has 1 aliphatic heterocycles. The first-order valence-electron chi connectivity index (χ1n) is 11.0. The summed E-state index contributed by atoms with van der Waals surface area (Å²) in [5.41, 5.74) is 1.25. The molecule has 1 N–H and O–H groups in total. The van der Waals surface area contributed by atoms with Gasteiger partial charge in [0, 0.05) is 32.2 Å². The highest BCUT2D eigenvalue weighted by Crippen LogP contribution is 2.36. The van der Waals surface area contributed by atoms with Gasteiger partial charge in [-0.3, -0.25) is 4.79 Å². The molecule has 2 fully saturated rings. The number of carboxylic acid groups (broad SMARTS) is 1. The van der Waals surface area contributed by atoms with E-state index in [-0.39, 0.29) is 61.2 Å². The van der Waals surface area contributed by atoms with Crippen LogP contribution in [0, 0.1) is 13.8 Å². The number of oxazole rings is 1. The molecular formula is C22H28N4O7S. The maximum atomic E-state index is 13.6. The van der Waals surface area contributed by atoms with Crippen LogP contribution >= 0.6 is 0 Å². The second-order valence-corrected chi connectivity index (χ2v) is 10.4. The van der Waals surface area contributed by atoms with Crippen molar-refractivity contribution in [1.82, 2.24) is 19.1 Å². The Morgan fingerprint density at radius 2 is 1.74 bits per heavy atom. The predicted octanol–water partition coefficient (Wildman–Crippen LogP) is 2.09. The Morgan fingerprint density at radius 3 is 2.26 bits per heavy atom. The lowest BCUT2D eigenvalue weighted by Gasteiger charge is -2.32. The van der Waals surface area contributed by atoms with Crippen molar-refractivity contribution in [2.75, 3.05) is 33.3 Å². The van der Waals surface area contributed by atoms with E-state index in [2.05, 4.69) is 4.98 Å². The summed E-state index contributed by atoms with van der Waals surface area (Å²) in [4.78, 5) is 31.1. The number of carbonyl (C=O) groups is 2. The number of amides is 2. The van der Waals surface area contributed by atoms with Crippen molar-refractivity contribution in [3.8, 4) is 5.75 Å². The second-order valence-electron chi connectivity index (χ2n) is 8.56. The van der Waals surface area contributed by atoms with Crippen LogP contribution in [0.5, 0.6) is 5.75 Å². The molecule has 2 heterocycles. The zero-order valence-electron chi connectivity index (χ0n) is 19.4. The van der Waals surface area contributed by atoms with E-state index < -0.39 is 16.1 Å². The molecule has 1 aromatic carbocycles. The number of benzene rings is 1. The molecule has 1 aromatic heterocycles. The van der Waals surface area contributed by atoms with E-state index in [9.17, 15) is 18.0 Å². The molecular weight excluding hydrogens is 464 g/mol. The molecule has 184 valence electrons. The van der Waals surface area contributed by atoms with Crippen molar-refractivity contribution in [3.05, 3.63) is 41.1 Å². The third kappa shape index (κ3) is 4.73. The number of sulfonamides is 1. The molecule has 0 radical (unpaired) electrons. The molecule has 0 unspecified atom stereocenters. The van der Waals surface area contributed by atoms with E-state index >= 15 is 0 Å². The van der Waals surface area contributed by atoms with Gasteiger partial charge in [-0.25, -0.2) is 18.2 Å². The van der Waals surface area contributed by atoms with Crippen LogP contribution in [0.25, 0.3) is 0 Å². The summed E-state index contributed by atoms with van der Waals surface area (Å²) < 4.78 is 39.4. The Bertz CT molecular complexity index is 1170. The first-order chi connectivity index (χ1) is 16.1. The normalized spacial score (nSPS) is 16.7. The van der Waals surface area contributed by atoms with Gasteiger partial charge >= 0.3 is 6.09 Å². The van der Waals surface area contributed by atoms with Gasteiger partial charge in [0.15, 0.2) is 5.69 Å². The van der Waals surface area contributed by atoms with Gasteiger partial charge in [-0.05, 0) is 49.9 Å². The number of carbonyl (C=O) groups excluding carboxylic acids is 1. The van der Waals surface area contributed by atoms with Crippen LogP contribution in [0.3, 0.4) is 0 Å². The minimum absolute atomic E-state index is 0.0729. The monoisotopic (exact) mass is 492 g/mol. The van der Waals surface area contributed by atoms with E-state index in [4.69, 9.17) is 14.3 Å². The summed E-state index contributed by atoms with van der Waals surface area (Å²) in [5, 5.41) is 9.06. The summed E-state index contributed by atoms with van der Waals surface area (Å²) >= 11 is 0. The van der Waals surface area contributed by atoms with Crippen LogP contribution in [0.1, 0.15) is 40.3 Å². The fourth-order valence-electron chi connectivity index (χ4n) is 4.20. The fraction of sp³-hybridized carbons (Fsp3) is 0.500. The minimum Gasteiger partial charge on any atom is -0.497 e. The van der Waals surface area contributed by atoms with Crippen molar-refractivity contribution in [2.45, 2.75) is 44.2 Å². The molecule has 0 atom stereocenters. The molecule has 1 saturated heterocycles. The topological polar surface area (TPSA) is 133 Å². The van der Waals surface area contributed by atoms with E-state index in [0.29, 0.717) is 16.9 Å². The van der Waals surface area contributed by atoms with Crippen LogP contribution in [0.15, 0.2) is 27.7 Å². The van der Waals surface area contributed by atoms with Gasteiger partial charge in [0.25, 0.3) is 5.91 Å². The van der Waals surface area contributed by atoms with Crippen molar-refractivity contribution in [2.24, 2.45) is 0 Å². The quantitative estimate of drug-likeness (QED) is 0.621. The summed E-state index contributed by atoms with van der Waals surface area (Å²) in [6.45, 7) is 4.34. The first kappa shape index (κ1) is 24.0. The number of nitrogens with zero attached hydrogens (tertiary/aromatic N) is 4. The van der Waals surface area contributed by atoms with E-state index in [1.165, 1.54) is 27.5 Å². The number of aryl methyl sites for hydroxylation is 2. The van der Waals surface area contributed by atoms with Gasteiger partial charge in [-0.2, -0.15) is 4.31 Å². The number of hydrogen-bond donors (Lipinski definition) is 1. The van der Waals surface area contributed by atoms with Crippen LogP contribution in [0.4, 0.5) is 4.79 Å². The number of methoxy groups -OCH3 is 1. The maximum absolute atomic E-state index is 13.6. The summed E-state index contributed by atoms with van der Waals surface area (Å²) in [6.07, 6.45) is 1.70. The zero-order valence-corrected chi connectivity index (χ0v) is 20.2. The van der Waals surface area contributed by atoms with Gasteiger partial charge in [0.2, 0.25) is 15.9 Å². The number of rotatable bonds is 7. The van der Waals surface area contributed by atoms with Crippen LogP contribution < -0.4 is 4.74 Å². The van der Waals surface area contributed by atoms with Crippen LogP contribution in [-0.2, 0) is 16.6 Å². The predicted molar refractivity (Wildman–Crippen MR) is 120 cm³/mol. The maximum Gasteiger partial charge on any atom is 0.407 e. The lowest BCUT2D eigenvalue weighted by Crippen LogP contribution is -2.50. The molecule has 2 aromatic rings. The van der Waals surface area contributed by atoms with Crippen LogP contribution in [-0.4, -0.2) is 83.9 Å². The van der Waals surface area contributed by atoms with E-state index in [1.807, 2.05) is 0 Å². The zero-order chi connectivity index (χ0) is 24.6. The Balaban J connectivity index is 1.52. The summed E-state index contributed by atoms with van der Waals surface area (Å²) in [6, 6.07) is 3.23. The van der Waals surface area contributed by atoms with Crippen molar-refractivity contribution in [3.63, 3.8) is 0 Å². The molecule has 0 bridgehead atoms. The first-order valence-corrected chi connectivity index (χ1v) is 12.4.